The molecule has 0 saturated carbocycles. The van der Waals surface area contributed by atoms with E-state index in [-0.39, 0.29) is 30.0 Å². The summed E-state index contributed by atoms with van der Waals surface area (Å²) in [7, 11) is 0. The highest BCUT2D eigenvalue weighted by molar-refractivity contribution is 7.80. The number of benzene rings is 1. The van der Waals surface area contributed by atoms with Crippen LogP contribution in [-0.2, 0) is 20.7 Å². The number of nitrogens with zero attached hydrogens (tertiary/aromatic N) is 1. The first-order valence-corrected chi connectivity index (χ1v) is 8.74. The van der Waals surface area contributed by atoms with Gasteiger partial charge in [-0.2, -0.15) is 0 Å². The zero-order valence-electron chi connectivity index (χ0n) is 13.5. The highest BCUT2D eigenvalue weighted by Crippen LogP contribution is 2.16. The second kappa shape index (κ2) is 9.70. The summed E-state index contributed by atoms with van der Waals surface area (Å²) in [5.74, 6) is -0.127. The van der Waals surface area contributed by atoms with Gasteiger partial charge in [-0.1, -0.05) is 18.2 Å². The smallest absolute Gasteiger partial charge is 0.311 e. The fourth-order valence-electron chi connectivity index (χ4n) is 1.76. The summed E-state index contributed by atoms with van der Waals surface area (Å²) in [4.78, 5) is 27.4. The van der Waals surface area contributed by atoms with Gasteiger partial charge in [-0.15, -0.1) is 11.3 Å². The van der Waals surface area contributed by atoms with Crippen LogP contribution in [0.4, 0.5) is 5.13 Å². The summed E-state index contributed by atoms with van der Waals surface area (Å²) in [6.07, 6.45) is 0.0933. The molecule has 0 fully saturated rings. The molecule has 0 aliphatic rings. The molecule has 0 radical (unpaired) electrons. The third-order valence-electron chi connectivity index (χ3n) is 2.77. The average Bonchev–Trinajstić information content (AvgIpc) is 3.00. The minimum atomic E-state index is -0.385. The molecule has 0 bridgehead atoms. The maximum Gasteiger partial charge on any atom is 0.311 e. The number of carbonyl (C=O) groups is 2. The molecular weight excluding hydrogens is 362 g/mol. The number of hydrogen-bond acceptors (Lipinski definition) is 7. The molecule has 1 heterocycles. The number of ether oxygens (including phenoxy) is 2. The highest BCUT2D eigenvalue weighted by Gasteiger charge is 2.11. The number of hydrogen-bond donors (Lipinski definition) is 2. The maximum atomic E-state index is 11.8. The van der Waals surface area contributed by atoms with E-state index in [9.17, 15) is 9.59 Å². The van der Waals surface area contributed by atoms with Crippen LogP contribution in [0.25, 0.3) is 0 Å². The minimum absolute atomic E-state index is 0.0933. The van der Waals surface area contributed by atoms with Crippen LogP contribution in [0.15, 0.2) is 35.7 Å². The summed E-state index contributed by atoms with van der Waals surface area (Å²) >= 11 is 6.33. The van der Waals surface area contributed by atoms with Gasteiger partial charge in [0.15, 0.2) is 16.9 Å². The normalized spacial score (nSPS) is 9.96. The van der Waals surface area contributed by atoms with Gasteiger partial charge in [0.05, 0.1) is 18.7 Å². The Morgan fingerprint density at radius 2 is 2.04 bits per heavy atom. The number of thiazole rings is 1. The first-order chi connectivity index (χ1) is 12.1. The predicted molar refractivity (Wildman–Crippen MR) is 98.8 cm³/mol. The summed E-state index contributed by atoms with van der Waals surface area (Å²) < 4.78 is 10.2. The van der Waals surface area contributed by atoms with E-state index in [2.05, 4.69) is 15.6 Å². The van der Waals surface area contributed by atoms with Crippen molar-refractivity contribution in [2.45, 2.75) is 13.3 Å². The van der Waals surface area contributed by atoms with Gasteiger partial charge in [0.1, 0.15) is 5.75 Å². The quantitative estimate of drug-likeness (QED) is 0.563. The van der Waals surface area contributed by atoms with E-state index in [4.69, 9.17) is 21.7 Å². The Kier molecular flexibility index (Phi) is 7.30. The molecule has 1 amide bonds. The van der Waals surface area contributed by atoms with Crippen molar-refractivity contribution >= 4 is 45.7 Å². The SMILES string of the molecule is CCOC(=O)Cc1csc(NC(=S)NC(=O)COc2ccccc2)n1. The summed E-state index contributed by atoms with van der Waals surface area (Å²) in [6.45, 7) is 1.92. The monoisotopic (exact) mass is 379 g/mol. The molecule has 132 valence electrons. The third-order valence-corrected chi connectivity index (χ3v) is 3.78. The van der Waals surface area contributed by atoms with Crippen molar-refractivity contribution in [3.63, 3.8) is 0 Å². The van der Waals surface area contributed by atoms with Gasteiger partial charge in [0.25, 0.3) is 5.91 Å². The second-order valence-electron chi connectivity index (χ2n) is 4.73. The van der Waals surface area contributed by atoms with E-state index in [1.165, 1.54) is 11.3 Å². The van der Waals surface area contributed by atoms with E-state index in [0.717, 1.165) is 0 Å². The number of nitrogens with one attached hydrogen (secondary N) is 2. The van der Waals surface area contributed by atoms with Gasteiger partial charge in [0, 0.05) is 5.38 Å². The molecule has 0 aliphatic heterocycles. The van der Waals surface area contributed by atoms with E-state index in [0.29, 0.717) is 23.2 Å². The molecule has 2 aromatic rings. The van der Waals surface area contributed by atoms with Gasteiger partial charge >= 0.3 is 5.97 Å². The zero-order valence-corrected chi connectivity index (χ0v) is 15.1. The fraction of sp³-hybridized carbons (Fsp3) is 0.250. The predicted octanol–water partition coefficient (Wildman–Crippen LogP) is 2.14. The van der Waals surface area contributed by atoms with Crippen LogP contribution in [0, 0.1) is 0 Å². The standard InChI is InChI=1S/C16H17N3O4S2/c1-2-22-14(21)8-11-10-25-16(17-11)19-15(24)18-13(20)9-23-12-6-4-3-5-7-12/h3-7,10H,2,8-9H2,1H3,(H2,17,18,19,20,24). The molecular formula is C16H17N3O4S2. The van der Waals surface area contributed by atoms with Crippen molar-refractivity contribution < 1.29 is 19.1 Å². The number of aromatic nitrogens is 1. The van der Waals surface area contributed by atoms with Crippen LogP contribution in [0.3, 0.4) is 0 Å². The van der Waals surface area contributed by atoms with Crippen LogP contribution in [0.1, 0.15) is 12.6 Å². The maximum absolute atomic E-state index is 11.8. The Labute approximate surface area is 154 Å². The van der Waals surface area contributed by atoms with Crippen molar-refractivity contribution in [1.82, 2.24) is 10.3 Å². The van der Waals surface area contributed by atoms with Crippen molar-refractivity contribution in [2.24, 2.45) is 0 Å². The summed E-state index contributed by atoms with van der Waals surface area (Å²) in [5.41, 5.74) is 0.576. The fourth-order valence-corrected chi connectivity index (χ4v) is 2.75. The van der Waals surface area contributed by atoms with Gasteiger partial charge in [-0.25, -0.2) is 4.98 Å². The van der Waals surface area contributed by atoms with Crippen LogP contribution >= 0.6 is 23.6 Å². The largest absolute Gasteiger partial charge is 0.484 e. The number of carbonyl (C=O) groups excluding carboxylic acids is 2. The van der Waals surface area contributed by atoms with Gasteiger partial charge in [-0.05, 0) is 31.3 Å². The Balaban J connectivity index is 1.75. The molecule has 0 saturated heterocycles. The van der Waals surface area contributed by atoms with Gasteiger partial charge < -0.3 is 14.8 Å². The molecule has 0 aliphatic carbocycles. The van der Waals surface area contributed by atoms with Crippen LogP contribution in [0.5, 0.6) is 5.75 Å². The third kappa shape index (κ3) is 6.86. The lowest BCUT2D eigenvalue weighted by atomic mass is 10.3. The second-order valence-corrected chi connectivity index (χ2v) is 6.00. The number of thiocarbonyl (C=S) groups is 1. The van der Waals surface area contributed by atoms with Crippen molar-refractivity contribution in [2.75, 3.05) is 18.5 Å². The lowest BCUT2D eigenvalue weighted by Crippen LogP contribution is -2.37. The highest BCUT2D eigenvalue weighted by atomic mass is 32.1. The Morgan fingerprint density at radius 3 is 2.76 bits per heavy atom. The van der Waals surface area contributed by atoms with Crippen molar-refractivity contribution in [1.29, 1.82) is 0 Å². The molecule has 0 unspecified atom stereocenters. The number of rotatable bonds is 7. The Bertz CT molecular complexity index is 734. The Morgan fingerprint density at radius 1 is 1.28 bits per heavy atom. The van der Waals surface area contributed by atoms with E-state index < -0.39 is 0 Å². The molecule has 2 N–H and O–H groups in total. The molecule has 7 nitrogen and oxygen atoms in total. The first-order valence-electron chi connectivity index (χ1n) is 7.45. The molecule has 9 heteroatoms. The van der Waals surface area contributed by atoms with Crippen LogP contribution in [-0.4, -0.2) is 35.2 Å². The summed E-state index contributed by atoms with van der Waals surface area (Å²) in [5, 5.41) is 7.61. The number of amides is 1. The molecule has 0 spiro atoms. The molecule has 1 aromatic heterocycles. The van der Waals surface area contributed by atoms with Crippen molar-refractivity contribution in [3.8, 4) is 5.75 Å². The molecule has 0 atom stereocenters. The average molecular weight is 379 g/mol. The van der Waals surface area contributed by atoms with Crippen molar-refractivity contribution in [3.05, 3.63) is 41.4 Å². The Hall–Kier alpha value is -2.52. The summed E-state index contributed by atoms with van der Waals surface area (Å²) in [6, 6.07) is 9.00. The van der Waals surface area contributed by atoms with E-state index >= 15 is 0 Å². The van der Waals surface area contributed by atoms with Gasteiger partial charge in [0.2, 0.25) is 0 Å². The topological polar surface area (TPSA) is 89.6 Å². The van der Waals surface area contributed by atoms with E-state index in [1.807, 2.05) is 18.2 Å². The minimum Gasteiger partial charge on any atom is -0.484 e. The van der Waals surface area contributed by atoms with Crippen LogP contribution in [0.2, 0.25) is 0 Å². The molecule has 1 aromatic carbocycles. The lowest BCUT2D eigenvalue weighted by Gasteiger charge is -2.08. The van der Waals surface area contributed by atoms with Crippen LogP contribution < -0.4 is 15.4 Å². The number of anilines is 1. The molecule has 25 heavy (non-hydrogen) atoms. The van der Waals surface area contributed by atoms with E-state index in [1.54, 1.807) is 24.4 Å². The van der Waals surface area contributed by atoms with Gasteiger partial charge in [-0.3, -0.25) is 14.9 Å². The first kappa shape index (κ1) is 18.8. The number of para-hydroxylation sites is 1. The number of esters is 1. The zero-order chi connectivity index (χ0) is 18.1. The molecule has 2 rings (SSSR count). The lowest BCUT2D eigenvalue weighted by molar-refractivity contribution is -0.142.